The molecule has 156 valence electrons. The summed E-state index contributed by atoms with van der Waals surface area (Å²) in [7, 11) is 1.89. The van der Waals surface area contributed by atoms with Gasteiger partial charge in [-0.25, -0.2) is 0 Å². The first kappa shape index (κ1) is 22.1. The number of nitrogens with one attached hydrogen (secondary N) is 1. The number of nitrogens with zero attached hydrogens (tertiary/aromatic N) is 2. The molecular weight excluding hydrogens is 473 g/mol. The van der Waals surface area contributed by atoms with Gasteiger partial charge >= 0.3 is 0 Å². The lowest BCUT2D eigenvalue weighted by Crippen LogP contribution is -2.41. The van der Waals surface area contributed by atoms with Crippen LogP contribution in [0.3, 0.4) is 0 Å². The summed E-state index contributed by atoms with van der Waals surface area (Å²) in [6, 6.07) is 21.3. The van der Waals surface area contributed by atoms with E-state index in [1.165, 1.54) is 24.0 Å². The highest BCUT2D eigenvalue weighted by Crippen LogP contribution is 2.46. The van der Waals surface area contributed by atoms with Gasteiger partial charge in [0.25, 0.3) is 0 Å². The first-order chi connectivity index (χ1) is 13.8. The van der Waals surface area contributed by atoms with Gasteiger partial charge < -0.3 is 15.0 Å². The fourth-order valence-corrected chi connectivity index (χ4v) is 4.22. The first-order valence-electron chi connectivity index (χ1n) is 10.5. The molecule has 29 heavy (non-hydrogen) atoms. The third kappa shape index (κ3) is 6.19. The van der Waals surface area contributed by atoms with E-state index in [1.807, 2.05) is 13.1 Å². The van der Waals surface area contributed by atoms with Gasteiger partial charge in [-0.3, -0.25) is 4.99 Å². The fourth-order valence-electron chi connectivity index (χ4n) is 4.22. The van der Waals surface area contributed by atoms with E-state index in [0.29, 0.717) is 18.4 Å². The van der Waals surface area contributed by atoms with Crippen molar-refractivity contribution in [2.45, 2.75) is 25.4 Å². The van der Waals surface area contributed by atoms with Crippen LogP contribution < -0.4 is 5.32 Å². The standard InChI is InChI=1S/C24H31N3O.HI/c1-25-24(26-15-22-14-23(22)21-10-6-3-7-11-21)27-13-12-20(16-27)18-28-17-19-8-4-2-5-9-19;/h2-11,20,22-23H,12-18H2,1H3,(H,25,26);1H. The van der Waals surface area contributed by atoms with Crippen molar-refractivity contribution >= 4 is 29.9 Å². The van der Waals surface area contributed by atoms with Crippen LogP contribution in [0.15, 0.2) is 65.7 Å². The van der Waals surface area contributed by atoms with Crippen molar-refractivity contribution in [1.29, 1.82) is 0 Å². The highest BCUT2D eigenvalue weighted by Gasteiger charge is 2.38. The molecule has 4 rings (SSSR count). The topological polar surface area (TPSA) is 36.9 Å². The van der Waals surface area contributed by atoms with Crippen LogP contribution in [0.2, 0.25) is 0 Å². The lowest BCUT2D eigenvalue weighted by Gasteiger charge is -2.22. The number of hydrogen-bond acceptors (Lipinski definition) is 2. The predicted octanol–water partition coefficient (Wildman–Crippen LogP) is 4.52. The van der Waals surface area contributed by atoms with Crippen molar-refractivity contribution in [2.24, 2.45) is 16.8 Å². The smallest absolute Gasteiger partial charge is 0.193 e. The Hall–Kier alpha value is -1.60. The molecule has 1 aliphatic heterocycles. The van der Waals surface area contributed by atoms with Gasteiger partial charge in [-0.2, -0.15) is 0 Å². The number of rotatable bonds is 7. The molecule has 2 fully saturated rings. The third-order valence-electron chi connectivity index (χ3n) is 5.93. The predicted molar refractivity (Wildman–Crippen MR) is 130 cm³/mol. The maximum absolute atomic E-state index is 5.95. The Morgan fingerprint density at radius 1 is 1.10 bits per heavy atom. The van der Waals surface area contributed by atoms with Gasteiger partial charge in [0, 0.05) is 32.6 Å². The maximum atomic E-state index is 5.95. The molecular formula is C24H32IN3O. The summed E-state index contributed by atoms with van der Waals surface area (Å²) in [6.45, 7) is 4.62. The van der Waals surface area contributed by atoms with Gasteiger partial charge in [-0.05, 0) is 35.8 Å². The molecule has 3 unspecified atom stereocenters. The number of guanidine groups is 1. The average molecular weight is 505 g/mol. The monoisotopic (exact) mass is 505 g/mol. The van der Waals surface area contributed by atoms with Crippen LogP contribution in [0.1, 0.15) is 29.9 Å². The molecule has 0 spiro atoms. The fraction of sp³-hybridized carbons (Fsp3) is 0.458. The van der Waals surface area contributed by atoms with Crippen molar-refractivity contribution < 1.29 is 4.74 Å². The van der Waals surface area contributed by atoms with Gasteiger partial charge in [0.15, 0.2) is 5.96 Å². The third-order valence-corrected chi connectivity index (χ3v) is 5.93. The van der Waals surface area contributed by atoms with Crippen LogP contribution in [-0.2, 0) is 11.3 Å². The molecule has 0 amide bonds. The number of benzene rings is 2. The SMILES string of the molecule is CN=C(NCC1CC1c1ccccc1)N1CCC(COCc2ccccc2)C1.I. The Labute approximate surface area is 191 Å². The highest BCUT2D eigenvalue weighted by atomic mass is 127. The van der Waals surface area contributed by atoms with Crippen LogP contribution in [0.5, 0.6) is 0 Å². The molecule has 3 atom stereocenters. The van der Waals surface area contributed by atoms with Crippen LogP contribution in [0.4, 0.5) is 0 Å². The molecule has 0 radical (unpaired) electrons. The van der Waals surface area contributed by atoms with E-state index in [9.17, 15) is 0 Å². The minimum absolute atomic E-state index is 0. The van der Waals surface area contributed by atoms with Crippen molar-refractivity contribution in [3.8, 4) is 0 Å². The van der Waals surface area contributed by atoms with E-state index < -0.39 is 0 Å². The van der Waals surface area contributed by atoms with E-state index in [1.54, 1.807) is 0 Å². The lowest BCUT2D eigenvalue weighted by molar-refractivity contribution is 0.0906. The zero-order chi connectivity index (χ0) is 19.2. The quantitative estimate of drug-likeness (QED) is 0.342. The van der Waals surface area contributed by atoms with Crippen LogP contribution in [-0.4, -0.2) is 44.1 Å². The van der Waals surface area contributed by atoms with Gasteiger partial charge in [0.2, 0.25) is 0 Å². The Morgan fingerprint density at radius 2 is 1.83 bits per heavy atom. The van der Waals surface area contributed by atoms with Crippen molar-refractivity contribution in [2.75, 3.05) is 33.3 Å². The van der Waals surface area contributed by atoms with Crippen LogP contribution in [0, 0.1) is 11.8 Å². The number of hydrogen-bond donors (Lipinski definition) is 1. The Balaban J connectivity index is 0.00000240. The largest absolute Gasteiger partial charge is 0.376 e. The van der Waals surface area contributed by atoms with E-state index in [4.69, 9.17) is 4.74 Å². The number of halogens is 1. The van der Waals surface area contributed by atoms with Crippen molar-refractivity contribution in [3.05, 3.63) is 71.8 Å². The van der Waals surface area contributed by atoms with E-state index >= 15 is 0 Å². The molecule has 5 heteroatoms. The molecule has 1 saturated carbocycles. The minimum atomic E-state index is 0. The molecule has 0 bridgehead atoms. The van der Waals surface area contributed by atoms with Gasteiger partial charge in [0.1, 0.15) is 0 Å². The van der Waals surface area contributed by atoms with Crippen molar-refractivity contribution in [1.82, 2.24) is 10.2 Å². The maximum Gasteiger partial charge on any atom is 0.193 e. The number of likely N-dealkylation sites (tertiary alicyclic amines) is 1. The zero-order valence-electron chi connectivity index (χ0n) is 17.2. The van der Waals surface area contributed by atoms with Crippen LogP contribution in [0.25, 0.3) is 0 Å². The summed E-state index contributed by atoms with van der Waals surface area (Å²) >= 11 is 0. The molecule has 1 aliphatic carbocycles. The van der Waals surface area contributed by atoms with E-state index in [2.05, 4.69) is 69.8 Å². The molecule has 4 nitrogen and oxygen atoms in total. The summed E-state index contributed by atoms with van der Waals surface area (Å²) < 4.78 is 5.95. The number of ether oxygens (including phenoxy) is 1. The van der Waals surface area contributed by atoms with Crippen molar-refractivity contribution in [3.63, 3.8) is 0 Å². The molecule has 0 aromatic heterocycles. The van der Waals surface area contributed by atoms with E-state index in [-0.39, 0.29) is 24.0 Å². The van der Waals surface area contributed by atoms with E-state index in [0.717, 1.165) is 38.1 Å². The second kappa shape index (κ2) is 11.0. The first-order valence-corrected chi connectivity index (χ1v) is 10.5. The Morgan fingerprint density at radius 3 is 2.55 bits per heavy atom. The second-order valence-electron chi connectivity index (χ2n) is 8.04. The molecule has 1 saturated heterocycles. The lowest BCUT2D eigenvalue weighted by atomic mass is 10.1. The summed E-state index contributed by atoms with van der Waals surface area (Å²) in [6.07, 6.45) is 2.45. The summed E-state index contributed by atoms with van der Waals surface area (Å²) in [5.41, 5.74) is 2.72. The molecule has 1 heterocycles. The molecule has 2 aliphatic rings. The summed E-state index contributed by atoms with van der Waals surface area (Å²) in [5.74, 6) is 3.07. The molecule has 1 N–H and O–H groups in total. The highest BCUT2D eigenvalue weighted by molar-refractivity contribution is 14.0. The normalized spacial score (nSPS) is 23.6. The van der Waals surface area contributed by atoms with Gasteiger partial charge in [-0.15, -0.1) is 24.0 Å². The molecule has 2 aromatic rings. The average Bonchev–Trinajstić information content (AvgIpc) is 3.38. The number of aliphatic imine (C=N–C) groups is 1. The Kier molecular flexibility index (Phi) is 8.36. The Bertz CT molecular complexity index is 768. The minimum Gasteiger partial charge on any atom is -0.376 e. The van der Waals surface area contributed by atoms with Gasteiger partial charge in [0.05, 0.1) is 13.2 Å². The van der Waals surface area contributed by atoms with Gasteiger partial charge in [-0.1, -0.05) is 60.7 Å². The molecule has 2 aromatic carbocycles. The zero-order valence-corrected chi connectivity index (χ0v) is 19.5. The summed E-state index contributed by atoms with van der Waals surface area (Å²) in [4.78, 5) is 6.91. The summed E-state index contributed by atoms with van der Waals surface area (Å²) in [5, 5.41) is 3.61. The second-order valence-corrected chi connectivity index (χ2v) is 8.04. The van der Waals surface area contributed by atoms with Crippen LogP contribution >= 0.6 is 24.0 Å².